The number of hydrogen-bond acceptors (Lipinski definition) is 4. The summed E-state index contributed by atoms with van der Waals surface area (Å²) in [6, 6.07) is 8.15. The van der Waals surface area contributed by atoms with Gasteiger partial charge in [-0.05, 0) is 38.4 Å². The van der Waals surface area contributed by atoms with E-state index in [-0.39, 0.29) is 30.5 Å². The normalized spacial score (nSPS) is 20.6. The number of aryl methyl sites for hydroxylation is 1. The molecule has 24 heavy (non-hydrogen) atoms. The van der Waals surface area contributed by atoms with Gasteiger partial charge >= 0.3 is 0 Å². The largest absolute Gasteiger partial charge is 0.484 e. The number of carbonyl (C=O) groups excluding carboxylic acids is 2. The number of rotatable bonds is 7. The summed E-state index contributed by atoms with van der Waals surface area (Å²) in [5.41, 5.74) is 1.01. The fourth-order valence-corrected chi connectivity index (χ4v) is 3.04. The summed E-state index contributed by atoms with van der Waals surface area (Å²) < 4.78 is 5.55. The minimum Gasteiger partial charge on any atom is -0.484 e. The molecule has 0 bridgehead atoms. The molecular formula is C18H27N3O3. The Morgan fingerprint density at radius 3 is 2.62 bits per heavy atom. The number of carbonyl (C=O) groups is 2. The molecule has 6 nitrogen and oxygen atoms in total. The first-order chi connectivity index (χ1) is 11.5. The molecule has 1 aliphatic heterocycles. The lowest BCUT2D eigenvalue weighted by molar-refractivity contribution is -0.124. The lowest BCUT2D eigenvalue weighted by atomic mass is 10.1. The van der Waals surface area contributed by atoms with Gasteiger partial charge in [0.2, 0.25) is 5.91 Å². The van der Waals surface area contributed by atoms with E-state index in [2.05, 4.69) is 15.5 Å². The van der Waals surface area contributed by atoms with Gasteiger partial charge in [-0.3, -0.25) is 14.5 Å². The van der Waals surface area contributed by atoms with Crippen molar-refractivity contribution in [3.8, 4) is 5.75 Å². The third-order valence-electron chi connectivity index (χ3n) is 4.67. The number of ether oxygens (including phenoxy) is 1. The molecular weight excluding hydrogens is 306 g/mol. The van der Waals surface area contributed by atoms with Gasteiger partial charge in [-0.15, -0.1) is 0 Å². The molecule has 6 heteroatoms. The van der Waals surface area contributed by atoms with Gasteiger partial charge in [0.25, 0.3) is 5.91 Å². The monoisotopic (exact) mass is 333 g/mol. The van der Waals surface area contributed by atoms with Crippen LogP contribution < -0.4 is 15.4 Å². The first-order valence-electron chi connectivity index (χ1n) is 8.39. The van der Waals surface area contributed by atoms with Crippen LogP contribution >= 0.6 is 0 Å². The minimum absolute atomic E-state index is 0.0168. The average molecular weight is 333 g/mol. The van der Waals surface area contributed by atoms with Crippen molar-refractivity contribution in [1.29, 1.82) is 0 Å². The van der Waals surface area contributed by atoms with Crippen molar-refractivity contribution in [3.05, 3.63) is 29.8 Å². The summed E-state index contributed by atoms with van der Waals surface area (Å²) in [4.78, 5) is 25.7. The van der Waals surface area contributed by atoms with Gasteiger partial charge < -0.3 is 15.4 Å². The zero-order valence-electron chi connectivity index (χ0n) is 14.7. The Morgan fingerprint density at radius 1 is 1.21 bits per heavy atom. The Labute approximate surface area is 143 Å². The highest BCUT2D eigenvalue weighted by molar-refractivity contribution is 5.77. The lowest BCUT2D eigenvalue weighted by Gasteiger charge is -2.25. The zero-order valence-corrected chi connectivity index (χ0v) is 14.7. The third kappa shape index (κ3) is 4.96. The molecule has 2 rings (SSSR count). The second kappa shape index (κ2) is 8.68. The van der Waals surface area contributed by atoms with Crippen molar-refractivity contribution < 1.29 is 14.3 Å². The van der Waals surface area contributed by atoms with Crippen molar-refractivity contribution in [2.45, 2.75) is 38.3 Å². The fourth-order valence-electron chi connectivity index (χ4n) is 3.04. The molecule has 0 spiro atoms. The molecule has 0 unspecified atom stereocenters. The van der Waals surface area contributed by atoms with E-state index in [9.17, 15) is 9.59 Å². The van der Waals surface area contributed by atoms with Gasteiger partial charge in [0.15, 0.2) is 6.61 Å². The standard InChI is InChI=1S/C18H27N3O3/c1-13-6-4-5-7-16(13)24-12-18(23)20-11-15-9-8-14(21(15)3)10-17(22)19-2/h4-7,14-15H,8-12H2,1-3H3,(H,19,22)(H,20,23)/t14-,15+/m1/s1. The maximum atomic E-state index is 12.0. The van der Waals surface area contributed by atoms with Crippen LogP contribution in [0.3, 0.4) is 0 Å². The van der Waals surface area contributed by atoms with Crippen LogP contribution in [0.5, 0.6) is 5.75 Å². The number of likely N-dealkylation sites (N-methyl/N-ethyl adjacent to an activating group) is 1. The molecule has 0 radical (unpaired) electrons. The summed E-state index contributed by atoms with van der Waals surface area (Å²) in [5.74, 6) is 0.667. The summed E-state index contributed by atoms with van der Waals surface area (Å²) in [6.07, 6.45) is 2.47. The molecule has 1 aromatic rings. The number of nitrogens with one attached hydrogen (secondary N) is 2. The van der Waals surface area contributed by atoms with Crippen LogP contribution in [0.2, 0.25) is 0 Å². The molecule has 1 fully saturated rings. The van der Waals surface area contributed by atoms with E-state index >= 15 is 0 Å². The molecule has 2 atom stereocenters. The number of amides is 2. The fraction of sp³-hybridized carbons (Fsp3) is 0.556. The first-order valence-corrected chi connectivity index (χ1v) is 8.39. The van der Waals surface area contributed by atoms with Crippen molar-refractivity contribution in [1.82, 2.24) is 15.5 Å². The van der Waals surface area contributed by atoms with E-state index in [0.717, 1.165) is 24.2 Å². The molecule has 0 aromatic heterocycles. The van der Waals surface area contributed by atoms with E-state index < -0.39 is 0 Å². The molecule has 132 valence electrons. The average Bonchev–Trinajstić information content (AvgIpc) is 2.92. The molecule has 1 heterocycles. The zero-order chi connectivity index (χ0) is 17.5. The topological polar surface area (TPSA) is 70.7 Å². The smallest absolute Gasteiger partial charge is 0.257 e. The predicted octanol–water partition coefficient (Wildman–Crippen LogP) is 1.09. The summed E-state index contributed by atoms with van der Waals surface area (Å²) in [6.45, 7) is 2.55. The number of nitrogens with zero attached hydrogens (tertiary/aromatic N) is 1. The molecule has 1 saturated heterocycles. The molecule has 0 aliphatic carbocycles. The third-order valence-corrected chi connectivity index (χ3v) is 4.67. The van der Waals surface area contributed by atoms with Gasteiger partial charge in [0, 0.05) is 32.1 Å². The minimum atomic E-state index is -0.124. The highest BCUT2D eigenvalue weighted by Crippen LogP contribution is 2.24. The second-order valence-corrected chi connectivity index (χ2v) is 6.29. The van der Waals surface area contributed by atoms with Gasteiger partial charge in [0.05, 0.1) is 0 Å². The lowest BCUT2D eigenvalue weighted by Crippen LogP contribution is -2.43. The van der Waals surface area contributed by atoms with E-state index in [4.69, 9.17) is 4.74 Å². The van der Waals surface area contributed by atoms with Crippen LogP contribution in [0.4, 0.5) is 0 Å². The van der Waals surface area contributed by atoms with Crippen LogP contribution in [0.1, 0.15) is 24.8 Å². The van der Waals surface area contributed by atoms with Gasteiger partial charge in [0.1, 0.15) is 5.75 Å². The molecule has 2 N–H and O–H groups in total. The summed E-state index contributed by atoms with van der Waals surface area (Å²) in [5, 5.41) is 5.59. The highest BCUT2D eigenvalue weighted by atomic mass is 16.5. The number of benzene rings is 1. The molecule has 2 amide bonds. The van der Waals surface area contributed by atoms with Crippen molar-refractivity contribution in [2.75, 3.05) is 27.2 Å². The molecule has 1 aliphatic rings. The Kier molecular flexibility index (Phi) is 6.61. The quantitative estimate of drug-likeness (QED) is 0.784. The van der Waals surface area contributed by atoms with Crippen molar-refractivity contribution >= 4 is 11.8 Å². The van der Waals surface area contributed by atoms with Crippen LogP contribution in [0.15, 0.2) is 24.3 Å². The van der Waals surface area contributed by atoms with Gasteiger partial charge in [-0.1, -0.05) is 18.2 Å². The first kappa shape index (κ1) is 18.3. The van der Waals surface area contributed by atoms with Crippen LogP contribution in [0, 0.1) is 6.92 Å². The SMILES string of the molecule is CNC(=O)C[C@H]1CC[C@@H](CNC(=O)COc2ccccc2C)N1C. The summed E-state index contributed by atoms with van der Waals surface area (Å²) in [7, 11) is 3.67. The Hall–Kier alpha value is -2.08. The van der Waals surface area contributed by atoms with Crippen LogP contribution in [-0.4, -0.2) is 56.0 Å². The van der Waals surface area contributed by atoms with Crippen molar-refractivity contribution in [2.24, 2.45) is 0 Å². The molecule has 0 saturated carbocycles. The van der Waals surface area contributed by atoms with Crippen LogP contribution in [0.25, 0.3) is 0 Å². The Morgan fingerprint density at radius 2 is 1.92 bits per heavy atom. The maximum Gasteiger partial charge on any atom is 0.257 e. The summed E-state index contributed by atoms with van der Waals surface area (Å²) >= 11 is 0. The second-order valence-electron chi connectivity index (χ2n) is 6.29. The Bertz CT molecular complexity index is 576. The maximum absolute atomic E-state index is 12.0. The van der Waals surface area contributed by atoms with Gasteiger partial charge in [-0.2, -0.15) is 0 Å². The van der Waals surface area contributed by atoms with Gasteiger partial charge in [-0.25, -0.2) is 0 Å². The highest BCUT2D eigenvalue weighted by Gasteiger charge is 2.31. The van der Waals surface area contributed by atoms with E-state index in [1.807, 2.05) is 38.2 Å². The Balaban J connectivity index is 1.72. The van der Waals surface area contributed by atoms with E-state index in [1.165, 1.54) is 0 Å². The van der Waals surface area contributed by atoms with Crippen molar-refractivity contribution in [3.63, 3.8) is 0 Å². The van der Waals surface area contributed by atoms with E-state index in [1.54, 1.807) is 7.05 Å². The number of para-hydroxylation sites is 1. The van der Waals surface area contributed by atoms with E-state index in [0.29, 0.717) is 13.0 Å². The number of likely N-dealkylation sites (tertiary alicyclic amines) is 1. The number of hydrogen-bond donors (Lipinski definition) is 2. The predicted molar refractivity (Wildman–Crippen MR) is 92.9 cm³/mol. The molecule has 1 aromatic carbocycles. The van der Waals surface area contributed by atoms with Crippen LogP contribution in [-0.2, 0) is 9.59 Å².